The highest BCUT2D eigenvalue weighted by Crippen LogP contribution is 2.44. The van der Waals surface area contributed by atoms with Crippen molar-refractivity contribution in [2.45, 2.75) is 30.9 Å². The summed E-state index contributed by atoms with van der Waals surface area (Å²) in [5.74, 6) is 0.245. The van der Waals surface area contributed by atoms with Crippen LogP contribution in [-0.2, 0) is 0 Å². The van der Waals surface area contributed by atoms with Crippen LogP contribution in [0.5, 0.6) is 5.75 Å². The van der Waals surface area contributed by atoms with Crippen LogP contribution < -0.4 is 10.1 Å². The van der Waals surface area contributed by atoms with Gasteiger partial charge in [-0.1, -0.05) is 24.3 Å². The summed E-state index contributed by atoms with van der Waals surface area (Å²) in [5, 5.41) is 7.52. The molecule has 7 heteroatoms. The predicted octanol–water partition coefficient (Wildman–Crippen LogP) is 3.73. The van der Waals surface area contributed by atoms with Gasteiger partial charge >= 0.3 is 0 Å². The third kappa shape index (κ3) is 3.93. The first kappa shape index (κ1) is 19.8. The average Bonchev–Trinajstić information content (AvgIpc) is 3.27. The van der Waals surface area contributed by atoms with Gasteiger partial charge in [-0.25, -0.2) is 9.07 Å². The highest BCUT2D eigenvalue weighted by atomic mass is 19.1. The minimum atomic E-state index is -0.346. The summed E-state index contributed by atoms with van der Waals surface area (Å²) in [6.45, 7) is 1.95. The Morgan fingerprint density at radius 2 is 1.97 bits per heavy atom. The Kier molecular flexibility index (Phi) is 4.98. The van der Waals surface area contributed by atoms with Gasteiger partial charge in [0.2, 0.25) is 0 Å². The zero-order chi connectivity index (χ0) is 21.4. The van der Waals surface area contributed by atoms with E-state index in [9.17, 15) is 9.18 Å². The van der Waals surface area contributed by atoms with Crippen LogP contribution in [0.25, 0.3) is 5.69 Å². The molecule has 0 radical (unpaired) electrons. The van der Waals surface area contributed by atoms with Gasteiger partial charge in [0.15, 0.2) is 5.69 Å². The van der Waals surface area contributed by atoms with Crippen molar-refractivity contribution in [1.82, 2.24) is 20.0 Å². The maximum absolute atomic E-state index is 13.5. The van der Waals surface area contributed by atoms with Crippen molar-refractivity contribution in [2.24, 2.45) is 0 Å². The van der Waals surface area contributed by atoms with Gasteiger partial charge in [0.05, 0.1) is 11.7 Å². The number of halogens is 1. The fourth-order valence-electron chi connectivity index (χ4n) is 4.52. The number of aromatic nitrogens is 2. The normalized spacial score (nSPS) is 20.1. The van der Waals surface area contributed by atoms with Crippen LogP contribution >= 0.6 is 0 Å². The van der Waals surface area contributed by atoms with Crippen LogP contribution in [0.15, 0.2) is 60.8 Å². The molecule has 31 heavy (non-hydrogen) atoms. The topological polar surface area (TPSA) is 59.4 Å². The van der Waals surface area contributed by atoms with Crippen molar-refractivity contribution in [3.05, 3.63) is 77.9 Å². The van der Waals surface area contributed by atoms with Gasteiger partial charge in [-0.3, -0.25) is 4.79 Å². The van der Waals surface area contributed by atoms with E-state index in [1.54, 1.807) is 24.4 Å². The van der Waals surface area contributed by atoms with Crippen LogP contribution in [0.4, 0.5) is 4.39 Å². The lowest BCUT2D eigenvalue weighted by Crippen LogP contribution is -2.51. The number of benzene rings is 2. The number of hydrogen-bond acceptors (Lipinski definition) is 4. The summed E-state index contributed by atoms with van der Waals surface area (Å²) in [6, 6.07) is 15.5. The Balaban J connectivity index is 1.38. The number of nitrogens with zero attached hydrogens (tertiary/aromatic N) is 3. The van der Waals surface area contributed by atoms with E-state index >= 15 is 0 Å². The minimum Gasteiger partial charge on any atom is -0.487 e. The van der Waals surface area contributed by atoms with Crippen molar-refractivity contribution in [1.29, 1.82) is 0 Å². The second kappa shape index (κ2) is 7.81. The monoisotopic (exact) mass is 420 g/mol. The molecule has 1 unspecified atom stereocenters. The third-order valence-corrected chi connectivity index (χ3v) is 6.30. The Labute approximate surface area is 180 Å². The van der Waals surface area contributed by atoms with Gasteiger partial charge in [0, 0.05) is 31.3 Å². The van der Waals surface area contributed by atoms with Crippen LogP contribution in [0, 0.1) is 5.82 Å². The standard InChI is InChI=1S/C24H25FN4O2/c1-28-13-10-24(11-14-28)16-21(19-7-2-3-8-22(19)31-24)26-23(30)20-9-12-29(27-20)18-6-4-5-17(25)15-18/h2-9,12,15,21H,10-11,13-14,16H2,1H3,(H,26,30). The molecule has 1 amide bonds. The fraction of sp³-hybridized carbons (Fsp3) is 0.333. The molecular weight excluding hydrogens is 395 g/mol. The second-order valence-electron chi connectivity index (χ2n) is 8.48. The lowest BCUT2D eigenvalue weighted by atomic mass is 9.80. The Morgan fingerprint density at radius 3 is 2.77 bits per heavy atom. The van der Waals surface area contributed by atoms with E-state index < -0.39 is 0 Å². The van der Waals surface area contributed by atoms with E-state index in [1.165, 1.54) is 16.8 Å². The maximum Gasteiger partial charge on any atom is 0.272 e. The number of fused-ring (bicyclic) bond motifs is 1. The molecule has 6 nitrogen and oxygen atoms in total. The number of piperidine rings is 1. The molecule has 2 aromatic carbocycles. The second-order valence-corrected chi connectivity index (χ2v) is 8.48. The molecular formula is C24H25FN4O2. The van der Waals surface area contributed by atoms with Crippen molar-refractivity contribution in [3.8, 4) is 11.4 Å². The Bertz CT molecular complexity index is 1100. The zero-order valence-corrected chi connectivity index (χ0v) is 17.4. The van der Waals surface area contributed by atoms with Gasteiger partial charge in [-0.15, -0.1) is 0 Å². The van der Waals surface area contributed by atoms with E-state index in [1.807, 2.05) is 24.3 Å². The summed E-state index contributed by atoms with van der Waals surface area (Å²) >= 11 is 0. The largest absolute Gasteiger partial charge is 0.487 e. The number of ether oxygens (including phenoxy) is 1. The molecule has 160 valence electrons. The number of rotatable bonds is 3. The third-order valence-electron chi connectivity index (χ3n) is 6.30. The number of para-hydroxylation sites is 1. The number of nitrogens with one attached hydrogen (secondary N) is 1. The minimum absolute atomic E-state index is 0.153. The lowest BCUT2D eigenvalue weighted by molar-refractivity contribution is -0.0196. The number of carbonyl (C=O) groups excluding carboxylic acids is 1. The summed E-state index contributed by atoms with van der Waals surface area (Å²) in [7, 11) is 2.12. The fourth-order valence-corrected chi connectivity index (χ4v) is 4.52. The number of hydrogen-bond donors (Lipinski definition) is 1. The van der Waals surface area contributed by atoms with Gasteiger partial charge in [0.25, 0.3) is 5.91 Å². The highest BCUT2D eigenvalue weighted by molar-refractivity contribution is 5.92. The van der Waals surface area contributed by atoms with E-state index in [0.717, 1.165) is 43.7 Å². The summed E-state index contributed by atoms with van der Waals surface area (Å²) < 4.78 is 21.5. The molecule has 1 atom stereocenters. The Morgan fingerprint density at radius 1 is 1.16 bits per heavy atom. The average molecular weight is 420 g/mol. The molecule has 2 aliphatic heterocycles. The number of likely N-dealkylation sites (tertiary alicyclic amines) is 1. The van der Waals surface area contributed by atoms with Gasteiger partial charge in [0.1, 0.15) is 17.2 Å². The molecule has 1 aromatic heterocycles. The van der Waals surface area contributed by atoms with Gasteiger partial charge in [-0.2, -0.15) is 5.10 Å². The molecule has 1 fully saturated rings. The first-order valence-corrected chi connectivity index (χ1v) is 10.6. The molecule has 0 bridgehead atoms. The van der Waals surface area contributed by atoms with Crippen molar-refractivity contribution in [2.75, 3.05) is 20.1 Å². The van der Waals surface area contributed by atoms with Crippen molar-refractivity contribution >= 4 is 5.91 Å². The van der Waals surface area contributed by atoms with Crippen LogP contribution in [-0.4, -0.2) is 46.3 Å². The number of amides is 1. The van der Waals surface area contributed by atoms with E-state index in [0.29, 0.717) is 11.4 Å². The predicted molar refractivity (Wildman–Crippen MR) is 115 cm³/mol. The lowest BCUT2D eigenvalue weighted by Gasteiger charge is -2.46. The molecule has 5 rings (SSSR count). The van der Waals surface area contributed by atoms with Crippen molar-refractivity contribution < 1.29 is 13.9 Å². The van der Waals surface area contributed by atoms with Crippen LogP contribution in [0.3, 0.4) is 0 Å². The van der Waals surface area contributed by atoms with E-state index in [-0.39, 0.29) is 23.4 Å². The molecule has 3 aromatic rings. The molecule has 0 aliphatic carbocycles. The Hall–Kier alpha value is -3.19. The van der Waals surface area contributed by atoms with Crippen LogP contribution in [0.1, 0.15) is 41.4 Å². The molecule has 0 saturated carbocycles. The first-order valence-electron chi connectivity index (χ1n) is 10.6. The van der Waals surface area contributed by atoms with Crippen molar-refractivity contribution in [3.63, 3.8) is 0 Å². The summed E-state index contributed by atoms with van der Waals surface area (Å²) in [6.07, 6.45) is 4.26. The summed E-state index contributed by atoms with van der Waals surface area (Å²) in [5.41, 5.74) is 1.59. The molecule has 3 heterocycles. The zero-order valence-electron chi connectivity index (χ0n) is 17.4. The van der Waals surface area contributed by atoms with Gasteiger partial charge in [-0.05, 0) is 50.2 Å². The van der Waals surface area contributed by atoms with Gasteiger partial charge < -0.3 is 15.0 Å². The smallest absolute Gasteiger partial charge is 0.272 e. The highest BCUT2D eigenvalue weighted by Gasteiger charge is 2.43. The number of carbonyl (C=O) groups is 1. The van der Waals surface area contributed by atoms with Crippen LogP contribution in [0.2, 0.25) is 0 Å². The van der Waals surface area contributed by atoms with E-state index in [4.69, 9.17) is 4.74 Å². The first-order chi connectivity index (χ1) is 15.0. The molecule has 1 N–H and O–H groups in total. The summed E-state index contributed by atoms with van der Waals surface area (Å²) in [4.78, 5) is 15.4. The SMILES string of the molecule is CN1CCC2(CC1)CC(NC(=O)c1ccn(-c3cccc(F)c3)n1)c1ccccc1O2. The molecule has 1 spiro atoms. The van der Waals surface area contributed by atoms with E-state index in [2.05, 4.69) is 22.4 Å². The molecule has 1 saturated heterocycles. The maximum atomic E-state index is 13.5. The quantitative estimate of drug-likeness (QED) is 0.702. The molecule has 2 aliphatic rings.